The van der Waals surface area contributed by atoms with Crippen molar-refractivity contribution in [2.24, 2.45) is 0 Å². The second-order valence-electron chi connectivity index (χ2n) is 8.47. The number of amides is 3. The summed E-state index contributed by atoms with van der Waals surface area (Å²) in [4.78, 5) is 25.8. The van der Waals surface area contributed by atoms with Crippen LogP contribution in [0.1, 0.15) is 50.2 Å². The number of carbonyl (C=O) groups is 2. The quantitative estimate of drug-likeness (QED) is 0.392. The lowest BCUT2D eigenvalue weighted by molar-refractivity contribution is -0.133. The highest BCUT2D eigenvalue weighted by molar-refractivity contribution is 5.86. The SMILES string of the molecule is CCCc1ccc(-c2ccc(C3CCN(C(=O)N[C@H](C(=O)NO)[C@@H](C)O)CC3)cc2)cc1. The van der Waals surface area contributed by atoms with E-state index >= 15 is 0 Å². The van der Waals surface area contributed by atoms with Crippen LogP contribution in [-0.2, 0) is 11.2 Å². The van der Waals surface area contributed by atoms with E-state index in [2.05, 4.69) is 60.8 Å². The fraction of sp³-hybridized carbons (Fsp3) is 0.440. The zero-order valence-electron chi connectivity index (χ0n) is 18.8. The minimum atomic E-state index is -1.20. The molecule has 172 valence electrons. The number of carbonyl (C=O) groups excluding carboxylic acids is 2. The Labute approximate surface area is 189 Å². The Morgan fingerprint density at radius 3 is 2.09 bits per heavy atom. The van der Waals surface area contributed by atoms with E-state index in [1.807, 2.05) is 0 Å². The number of aliphatic hydroxyl groups excluding tert-OH is 1. The number of likely N-dealkylation sites (tertiary alicyclic amines) is 1. The third-order valence-electron chi connectivity index (χ3n) is 6.14. The van der Waals surface area contributed by atoms with Gasteiger partial charge < -0.3 is 15.3 Å². The molecule has 1 fully saturated rings. The van der Waals surface area contributed by atoms with Crippen LogP contribution >= 0.6 is 0 Å². The van der Waals surface area contributed by atoms with Crippen molar-refractivity contribution in [3.63, 3.8) is 0 Å². The average molecular weight is 440 g/mol. The Morgan fingerprint density at radius 2 is 1.59 bits per heavy atom. The molecule has 3 rings (SSSR count). The number of urea groups is 1. The second kappa shape index (κ2) is 11.1. The predicted octanol–water partition coefficient (Wildman–Crippen LogP) is 3.45. The van der Waals surface area contributed by atoms with E-state index < -0.39 is 24.1 Å². The van der Waals surface area contributed by atoms with Gasteiger partial charge in [0, 0.05) is 13.1 Å². The van der Waals surface area contributed by atoms with Crippen LogP contribution in [-0.4, -0.2) is 52.4 Å². The number of nitrogens with one attached hydrogen (secondary N) is 2. The Kier molecular flexibility index (Phi) is 8.25. The number of piperidine rings is 1. The first kappa shape index (κ1) is 23.8. The van der Waals surface area contributed by atoms with Crippen LogP contribution < -0.4 is 10.8 Å². The van der Waals surface area contributed by atoms with Crippen molar-refractivity contribution < 1.29 is 19.9 Å². The fourth-order valence-corrected chi connectivity index (χ4v) is 4.22. The monoisotopic (exact) mass is 439 g/mol. The summed E-state index contributed by atoms with van der Waals surface area (Å²) in [5, 5.41) is 21.0. The smallest absolute Gasteiger partial charge is 0.318 e. The number of hydrogen-bond acceptors (Lipinski definition) is 4. The number of aliphatic hydroxyl groups is 1. The molecular formula is C25H33N3O4. The van der Waals surface area contributed by atoms with Crippen molar-refractivity contribution in [2.75, 3.05) is 13.1 Å². The van der Waals surface area contributed by atoms with Crippen LogP contribution in [0.15, 0.2) is 48.5 Å². The molecule has 7 heteroatoms. The van der Waals surface area contributed by atoms with E-state index in [1.54, 1.807) is 4.90 Å². The molecule has 0 aromatic heterocycles. The Bertz CT molecular complexity index is 888. The summed E-state index contributed by atoms with van der Waals surface area (Å²) in [6, 6.07) is 15.8. The van der Waals surface area contributed by atoms with E-state index in [4.69, 9.17) is 5.21 Å². The molecule has 0 unspecified atom stereocenters. The van der Waals surface area contributed by atoms with Crippen LogP contribution in [0.3, 0.4) is 0 Å². The van der Waals surface area contributed by atoms with Gasteiger partial charge in [0.05, 0.1) is 6.10 Å². The van der Waals surface area contributed by atoms with Crippen LogP contribution in [0.5, 0.6) is 0 Å². The first-order chi connectivity index (χ1) is 15.4. The van der Waals surface area contributed by atoms with Crippen LogP contribution in [0, 0.1) is 0 Å². The first-order valence-electron chi connectivity index (χ1n) is 11.3. The van der Waals surface area contributed by atoms with Gasteiger partial charge in [-0.3, -0.25) is 10.0 Å². The zero-order chi connectivity index (χ0) is 23.1. The highest BCUT2D eigenvalue weighted by Gasteiger charge is 2.29. The molecule has 1 heterocycles. The normalized spacial score (nSPS) is 16.3. The van der Waals surface area contributed by atoms with Crippen molar-refractivity contribution in [1.29, 1.82) is 0 Å². The molecule has 1 saturated heterocycles. The van der Waals surface area contributed by atoms with Crippen LogP contribution in [0.4, 0.5) is 4.79 Å². The molecule has 0 aliphatic carbocycles. The Morgan fingerprint density at radius 1 is 1.03 bits per heavy atom. The van der Waals surface area contributed by atoms with Gasteiger partial charge in [0.2, 0.25) is 0 Å². The second-order valence-corrected chi connectivity index (χ2v) is 8.47. The van der Waals surface area contributed by atoms with E-state index in [1.165, 1.54) is 34.7 Å². The molecule has 32 heavy (non-hydrogen) atoms. The summed E-state index contributed by atoms with van der Waals surface area (Å²) >= 11 is 0. The lowest BCUT2D eigenvalue weighted by atomic mass is 9.88. The van der Waals surface area contributed by atoms with Gasteiger partial charge in [0.25, 0.3) is 5.91 Å². The van der Waals surface area contributed by atoms with Gasteiger partial charge in [-0.25, -0.2) is 10.3 Å². The molecule has 0 saturated carbocycles. The van der Waals surface area contributed by atoms with E-state index in [-0.39, 0.29) is 0 Å². The number of hydrogen-bond donors (Lipinski definition) is 4. The summed E-state index contributed by atoms with van der Waals surface area (Å²) in [6.45, 7) is 4.69. The van der Waals surface area contributed by atoms with Crippen LogP contribution in [0.25, 0.3) is 11.1 Å². The van der Waals surface area contributed by atoms with Crippen molar-refractivity contribution in [1.82, 2.24) is 15.7 Å². The van der Waals surface area contributed by atoms with Crippen LogP contribution in [0.2, 0.25) is 0 Å². The van der Waals surface area contributed by atoms with Gasteiger partial charge in [-0.1, -0.05) is 61.9 Å². The molecule has 0 bridgehead atoms. The molecule has 4 N–H and O–H groups in total. The molecule has 7 nitrogen and oxygen atoms in total. The third-order valence-corrected chi connectivity index (χ3v) is 6.14. The minimum Gasteiger partial charge on any atom is -0.391 e. The molecule has 0 spiro atoms. The number of aryl methyl sites for hydroxylation is 1. The molecule has 0 radical (unpaired) electrons. The van der Waals surface area contributed by atoms with Gasteiger partial charge in [-0.15, -0.1) is 0 Å². The summed E-state index contributed by atoms with van der Waals surface area (Å²) in [6.07, 6.45) is 2.77. The van der Waals surface area contributed by atoms with Gasteiger partial charge in [-0.2, -0.15) is 0 Å². The summed E-state index contributed by atoms with van der Waals surface area (Å²) < 4.78 is 0. The van der Waals surface area contributed by atoms with E-state index in [0.29, 0.717) is 19.0 Å². The maximum absolute atomic E-state index is 12.5. The predicted molar refractivity (Wildman–Crippen MR) is 123 cm³/mol. The summed E-state index contributed by atoms with van der Waals surface area (Å²) in [7, 11) is 0. The molecule has 2 atom stereocenters. The van der Waals surface area contributed by atoms with E-state index in [0.717, 1.165) is 25.7 Å². The van der Waals surface area contributed by atoms with Crippen molar-refractivity contribution in [3.8, 4) is 11.1 Å². The number of rotatable bonds is 7. The largest absolute Gasteiger partial charge is 0.391 e. The van der Waals surface area contributed by atoms with E-state index in [9.17, 15) is 14.7 Å². The zero-order valence-corrected chi connectivity index (χ0v) is 18.8. The van der Waals surface area contributed by atoms with Crippen molar-refractivity contribution in [3.05, 3.63) is 59.7 Å². The maximum Gasteiger partial charge on any atom is 0.318 e. The van der Waals surface area contributed by atoms with Gasteiger partial charge >= 0.3 is 6.03 Å². The fourth-order valence-electron chi connectivity index (χ4n) is 4.22. The lowest BCUT2D eigenvalue weighted by Crippen LogP contribution is -2.56. The highest BCUT2D eigenvalue weighted by atomic mass is 16.5. The highest BCUT2D eigenvalue weighted by Crippen LogP contribution is 2.30. The first-order valence-corrected chi connectivity index (χ1v) is 11.3. The van der Waals surface area contributed by atoms with Gasteiger partial charge in [-0.05, 0) is 54.4 Å². The van der Waals surface area contributed by atoms with Gasteiger partial charge in [0.1, 0.15) is 6.04 Å². The van der Waals surface area contributed by atoms with Crippen molar-refractivity contribution >= 4 is 11.9 Å². The molecule has 1 aliphatic heterocycles. The Hall–Kier alpha value is -2.90. The average Bonchev–Trinajstić information content (AvgIpc) is 2.82. The lowest BCUT2D eigenvalue weighted by Gasteiger charge is -2.33. The third kappa shape index (κ3) is 5.87. The topological polar surface area (TPSA) is 102 Å². The molecular weight excluding hydrogens is 406 g/mol. The molecule has 2 aromatic carbocycles. The van der Waals surface area contributed by atoms with Crippen molar-refractivity contribution in [2.45, 2.75) is 57.6 Å². The number of nitrogens with zero attached hydrogens (tertiary/aromatic N) is 1. The molecule has 1 aliphatic rings. The number of benzene rings is 2. The number of hydroxylamine groups is 1. The maximum atomic E-state index is 12.5. The molecule has 2 aromatic rings. The summed E-state index contributed by atoms with van der Waals surface area (Å²) in [5.41, 5.74) is 6.50. The minimum absolute atomic E-state index is 0.369. The van der Waals surface area contributed by atoms with Gasteiger partial charge in [0.15, 0.2) is 0 Å². The summed E-state index contributed by atoms with van der Waals surface area (Å²) in [5.74, 6) is -0.475. The Balaban J connectivity index is 1.55. The standard InChI is InChI=1S/C25H33N3O4/c1-3-4-18-5-7-19(8-6-18)20-9-11-21(12-10-20)22-13-15-28(16-14-22)25(31)26-23(17(2)29)24(30)27-32/h5-12,17,22-23,29,32H,3-4,13-16H2,1-2H3,(H,26,31)(H,27,30)/t17-,23+/m1/s1. The molecule has 3 amide bonds.